The number of rotatable bonds is 2. The van der Waals surface area contributed by atoms with Gasteiger partial charge in [-0.2, -0.15) is 0 Å². The first kappa shape index (κ1) is 7.11. The zero-order valence-electron chi connectivity index (χ0n) is 5.92. The SMILES string of the molecule is CC(C)Cc1ccc[se]1. The van der Waals surface area contributed by atoms with Crippen molar-refractivity contribution in [2.75, 3.05) is 0 Å². The van der Waals surface area contributed by atoms with E-state index in [1.54, 1.807) is 4.44 Å². The monoisotopic (exact) mass is 188 g/mol. The van der Waals surface area contributed by atoms with Gasteiger partial charge in [0, 0.05) is 0 Å². The maximum atomic E-state index is 2.28. The van der Waals surface area contributed by atoms with Gasteiger partial charge in [-0.05, 0) is 0 Å². The Hall–Kier alpha value is -0.000519. The molecule has 9 heavy (non-hydrogen) atoms. The molecule has 0 amide bonds. The van der Waals surface area contributed by atoms with Crippen LogP contribution >= 0.6 is 0 Å². The molecule has 0 radical (unpaired) electrons. The van der Waals surface area contributed by atoms with Crippen molar-refractivity contribution in [3.8, 4) is 0 Å². The molecule has 1 aromatic heterocycles. The first-order valence-electron chi connectivity index (χ1n) is 3.31. The molecule has 0 N–H and O–H groups in total. The van der Waals surface area contributed by atoms with Crippen molar-refractivity contribution in [2.24, 2.45) is 5.92 Å². The molecular weight excluding hydrogens is 175 g/mol. The van der Waals surface area contributed by atoms with Crippen LogP contribution in [0.1, 0.15) is 18.3 Å². The van der Waals surface area contributed by atoms with Crippen LogP contribution in [0.2, 0.25) is 0 Å². The zero-order chi connectivity index (χ0) is 6.69. The van der Waals surface area contributed by atoms with Crippen molar-refractivity contribution in [1.82, 2.24) is 0 Å². The fourth-order valence-corrected chi connectivity index (χ4v) is 2.76. The average molecular weight is 187 g/mol. The van der Waals surface area contributed by atoms with Crippen LogP contribution in [0, 0.1) is 5.92 Å². The molecule has 1 heteroatoms. The Morgan fingerprint density at radius 3 is 2.78 bits per heavy atom. The molecule has 0 fully saturated rings. The summed E-state index contributed by atoms with van der Waals surface area (Å²) in [4.78, 5) is 2.28. The molecule has 0 saturated heterocycles. The van der Waals surface area contributed by atoms with Gasteiger partial charge in [-0.1, -0.05) is 0 Å². The third-order valence-electron chi connectivity index (χ3n) is 1.19. The van der Waals surface area contributed by atoms with Crippen LogP contribution in [0.4, 0.5) is 0 Å². The van der Waals surface area contributed by atoms with E-state index in [1.165, 1.54) is 6.42 Å². The van der Waals surface area contributed by atoms with Gasteiger partial charge in [0.2, 0.25) is 0 Å². The average Bonchev–Trinajstić information content (AvgIpc) is 2.15. The molecule has 1 heterocycles. The number of hydrogen-bond donors (Lipinski definition) is 0. The van der Waals surface area contributed by atoms with E-state index in [2.05, 4.69) is 30.9 Å². The second-order valence-electron chi connectivity index (χ2n) is 2.68. The Morgan fingerprint density at radius 1 is 1.56 bits per heavy atom. The molecule has 0 nitrogen and oxygen atoms in total. The molecule has 0 saturated carbocycles. The summed E-state index contributed by atoms with van der Waals surface area (Å²) in [5.41, 5.74) is 0. The Labute approximate surface area is 62.6 Å². The van der Waals surface area contributed by atoms with E-state index in [9.17, 15) is 0 Å². The summed E-state index contributed by atoms with van der Waals surface area (Å²) in [6.45, 7) is 4.55. The fraction of sp³-hybridized carbons (Fsp3) is 0.500. The van der Waals surface area contributed by atoms with Gasteiger partial charge in [-0.3, -0.25) is 0 Å². The van der Waals surface area contributed by atoms with Gasteiger partial charge in [-0.15, -0.1) is 0 Å². The quantitative estimate of drug-likeness (QED) is 0.620. The van der Waals surface area contributed by atoms with E-state index in [4.69, 9.17) is 0 Å². The normalized spacial score (nSPS) is 10.6. The molecule has 0 bridgehead atoms. The van der Waals surface area contributed by atoms with Gasteiger partial charge in [0.05, 0.1) is 0 Å². The summed E-state index contributed by atoms with van der Waals surface area (Å²) in [7, 11) is 0. The summed E-state index contributed by atoms with van der Waals surface area (Å²) in [6.07, 6.45) is 1.30. The Bertz CT molecular complexity index is 151. The minimum atomic E-state index is 0.699. The van der Waals surface area contributed by atoms with Gasteiger partial charge in [0.15, 0.2) is 0 Å². The van der Waals surface area contributed by atoms with Crippen molar-refractivity contribution in [2.45, 2.75) is 20.3 Å². The molecule has 0 aliphatic carbocycles. The van der Waals surface area contributed by atoms with Crippen molar-refractivity contribution >= 4 is 14.5 Å². The van der Waals surface area contributed by atoms with Crippen LogP contribution < -0.4 is 0 Å². The molecule has 0 aliphatic heterocycles. The summed E-state index contributed by atoms with van der Waals surface area (Å²) < 4.78 is 1.65. The molecule has 1 rings (SSSR count). The summed E-state index contributed by atoms with van der Waals surface area (Å²) in [5.74, 6) is 0.832. The summed E-state index contributed by atoms with van der Waals surface area (Å²) in [6, 6.07) is 4.44. The van der Waals surface area contributed by atoms with Crippen LogP contribution in [0.3, 0.4) is 0 Å². The van der Waals surface area contributed by atoms with Crippen molar-refractivity contribution < 1.29 is 0 Å². The predicted octanol–water partition coefficient (Wildman–Crippen LogP) is 1.94. The van der Waals surface area contributed by atoms with Crippen LogP contribution in [-0.4, -0.2) is 14.5 Å². The van der Waals surface area contributed by atoms with E-state index < -0.39 is 0 Å². The fourth-order valence-electron chi connectivity index (χ4n) is 0.831. The minimum absolute atomic E-state index is 0.699. The number of hydrogen-bond acceptors (Lipinski definition) is 0. The van der Waals surface area contributed by atoms with Gasteiger partial charge in [-0.25, -0.2) is 0 Å². The van der Waals surface area contributed by atoms with Gasteiger partial charge in [0.25, 0.3) is 0 Å². The van der Waals surface area contributed by atoms with E-state index >= 15 is 0 Å². The third-order valence-corrected chi connectivity index (χ3v) is 3.08. The first-order valence-corrected chi connectivity index (χ1v) is 5.16. The van der Waals surface area contributed by atoms with Crippen molar-refractivity contribution in [3.05, 3.63) is 21.5 Å². The van der Waals surface area contributed by atoms with Crippen molar-refractivity contribution in [1.29, 1.82) is 0 Å². The molecule has 0 aromatic carbocycles. The molecule has 50 valence electrons. The Balaban J connectivity index is 2.48. The molecule has 1 aromatic rings. The van der Waals surface area contributed by atoms with Gasteiger partial charge in [0.1, 0.15) is 0 Å². The second kappa shape index (κ2) is 3.24. The summed E-state index contributed by atoms with van der Waals surface area (Å²) >= 11 is 0.699. The van der Waals surface area contributed by atoms with Gasteiger partial charge >= 0.3 is 62.2 Å². The Morgan fingerprint density at radius 2 is 2.33 bits per heavy atom. The molecule has 0 atom stereocenters. The van der Waals surface area contributed by atoms with E-state index in [1.807, 2.05) is 0 Å². The molecule has 0 unspecified atom stereocenters. The standard InChI is InChI=1S/C8H12Se/c1-7(2)6-8-4-3-5-9-8/h3-5,7H,6H2,1-2H3. The maximum absolute atomic E-state index is 2.28. The molecule has 0 aliphatic rings. The van der Waals surface area contributed by atoms with E-state index in [0.29, 0.717) is 14.5 Å². The van der Waals surface area contributed by atoms with Crippen LogP contribution in [0.15, 0.2) is 17.1 Å². The third kappa shape index (κ3) is 2.38. The van der Waals surface area contributed by atoms with Crippen LogP contribution in [0.25, 0.3) is 0 Å². The zero-order valence-corrected chi connectivity index (χ0v) is 7.64. The Kier molecular flexibility index (Phi) is 2.56. The predicted molar refractivity (Wildman–Crippen MR) is 41.9 cm³/mol. The molecular formula is C8H12Se. The van der Waals surface area contributed by atoms with E-state index in [-0.39, 0.29) is 0 Å². The summed E-state index contributed by atoms with van der Waals surface area (Å²) in [5, 5.41) is 0. The van der Waals surface area contributed by atoms with E-state index in [0.717, 1.165) is 5.92 Å². The molecule has 0 spiro atoms. The van der Waals surface area contributed by atoms with Crippen LogP contribution in [0.5, 0.6) is 0 Å². The second-order valence-corrected chi connectivity index (χ2v) is 4.84. The first-order chi connectivity index (χ1) is 4.29. The van der Waals surface area contributed by atoms with Crippen LogP contribution in [-0.2, 0) is 6.42 Å². The topological polar surface area (TPSA) is 0 Å². The van der Waals surface area contributed by atoms with Gasteiger partial charge < -0.3 is 0 Å². The van der Waals surface area contributed by atoms with Crippen molar-refractivity contribution in [3.63, 3.8) is 0 Å².